The highest BCUT2D eigenvalue weighted by Crippen LogP contribution is 2.41. The molecule has 0 N–H and O–H groups in total. The van der Waals surface area contributed by atoms with E-state index in [4.69, 9.17) is 26.4 Å². The molecular weight excluding hydrogens is 378 g/mol. The predicted molar refractivity (Wildman–Crippen MR) is 101 cm³/mol. The molecule has 9 heteroatoms. The number of hydrogen-bond donors (Lipinski definition) is 0. The van der Waals surface area contributed by atoms with E-state index in [1.807, 2.05) is 0 Å². The van der Waals surface area contributed by atoms with E-state index in [1.165, 1.54) is 50.4 Å². The van der Waals surface area contributed by atoms with Gasteiger partial charge >= 0.3 is 5.97 Å². The van der Waals surface area contributed by atoms with Crippen LogP contribution in [0.15, 0.2) is 23.0 Å². The van der Waals surface area contributed by atoms with Crippen molar-refractivity contribution in [1.82, 2.24) is 4.57 Å². The Balaban J connectivity index is 2.49. The van der Waals surface area contributed by atoms with Crippen molar-refractivity contribution in [3.05, 3.63) is 32.5 Å². The molecule has 0 fully saturated rings. The molecule has 7 nitrogen and oxygen atoms in total. The van der Waals surface area contributed by atoms with Crippen LogP contribution < -0.4 is 19.8 Å². The zero-order valence-corrected chi connectivity index (χ0v) is 16.5. The van der Waals surface area contributed by atoms with Gasteiger partial charge in [-0.25, -0.2) is 0 Å². The third-order valence-electron chi connectivity index (χ3n) is 3.65. The smallest absolute Gasteiger partial charge is 0.307 e. The van der Waals surface area contributed by atoms with Crippen LogP contribution in [0.2, 0.25) is 0 Å². The van der Waals surface area contributed by atoms with Crippen molar-refractivity contribution >= 4 is 29.5 Å². The van der Waals surface area contributed by atoms with Gasteiger partial charge in [0.1, 0.15) is 0 Å². The molecule has 0 spiro atoms. The Morgan fingerprint density at radius 2 is 1.69 bits per heavy atom. The average Bonchev–Trinajstić information content (AvgIpc) is 2.65. The number of benzene rings is 1. The van der Waals surface area contributed by atoms with Crippen LogP contribution in [-0.2, 0) is 16.1 Å². The zero-order chi connectivity index (χ0) is 19.3. The summed E-state index contributed by atoms with van der Waals surface area (Å²) in [5.41, 5.74) is 0.425. The first-order valence-electron chi connectivity index (χ1n) is 7.57. The van der Waals surface area contributed by atoms with E-state index in [-0.39, 0.29) is 18.5 Å². The topological polar surface area (TPSA) is 76.0 Å². The van der Waals surface area contributed by atoms with Crippen molar-refractivity contribution in [2.24, 2.45) is 0 Å². The highest BCUT2D eigenvalue weighted by molar-refractivity contribution is 7.73. The van der Waals surface area contributed by atoms with E-state index in [0.29, 0.717) is 31.6 Å². The first kappa shape index (κ1) is 19.9. The minimum Gasteiger partial charge on any atom is -0.493 e. The number of ether oxygens (including phenoxy) is 4. The number of aromatic nitrogens is 1. The minimum absolute atomic E-state index is 0.0797. The van der Waals surface area contributed by atoms with Gasteiger partial charge in [0.05, 0.1) is 34.9 Å². The van der Waals surface area contributed by atoms with Gasteiger partial charge in [0.15, 0.2) is 15.5 Å². The van der Waals surface area contributed by atoms with Crippen molar-refractivity contribution in [3.8, 4) is 27.7 Å². The molecule has 26 heavy (non-hydrogen) atoms. The summed E-state index contributed by atoms with van der Waals surface area (Å²) in [7, 11) is 5.87. The third kappa shape index (κ3) is 4.23. The molecule has 0 saturated heterocycles. The number of carbonyl (C=O) groups is 1. The molecule has 0 amide bonds. The van der Waals surface area contributed by atoms with E-state index in [9.17, 15) is 9.59 Å². The van der Waals surface area contributed by atoms with Crippen LogP contribution >= 0.6 is 23.6 Å². The fourth-order valence-corrected chi connectivity index (χ4v) is 3.66. The maximum Gasteiger partial charge on any atom is 0.307 e. The number of hydrogen-bond acceptors (Lipinski definition) is 8. The summed E-state index contributed by atoms with van der Waals surface area (Å²) in [6, 6.07) is 4.97. The van der Waals surface area contributed by atoms with Crippen LogP contribution in [0.5, 0.6) is 17.2 Å². The standard InChI is InChI=1S/C17H19NO6S2/c1-21-11-7-10(8-12(22-2)16(11)24-4)13-9-14(19)18(17(25)26-13)6-5-15(20)23-3/h7-9H,5-6H2,1-4H3. The summed E-state index contributed by atoms with van der Waals surface area (Å²) in [6.07, 6.45) is 0.0797. The maximum atomic E-state index is 12.4. The van der Waals surface area contributed by atoms with E-state index in [0.717, 1.165) is 0 Å². The molecule has 1 aromatic heterocycles. The molecule has 2 rings (SSSR count). The van der Waals surface area contributed by atoms with Crippen molar-refractivity contribution in [3.63, 3.8) is 0 Å². The minimum atomic E-state index is -0.398. The maximum absolute atomic E-state index is 12.4. The van der Waals surface area contributed by atoms with E-state index >= 15 is 0 Å². The Labute approximate surface area is 159 Å². The molecule has 140 valence electrons. The first-order valence-corrected chi connectivity index (χ1v) is 8.79. The molecule has 0 aliphatic heterocycles. The Kier molecular flexibility index (Phi) is 6.76. The quantitative estimate of drug-likeness (QED) is 0.525. The summed E-state index contributed by atoms with van der Waals surface area (Å²) >= 11 is 6.58. The lowest BCUT2D eigenvalue weighted by Crippen LogP contribution is -2.21. The summed E-state index contributed by atoms with van der Waals surface area (Å²) in [5.74, 6) is 1.03. The summed E-state index contributed by atoms with van der Waals surface area (Å²) in [6.45, 7) is 0.177. The molecule has 1 heterocycles. The molecule has 0 saturated carbocycles. The highest BCUT2D eigenvalue weighted by Gasteiger charge is 2.15. The Morgan fingerprint density at radius 3 is 2.15 bits per heavy atom. The van der Waals surface area contributed by atoms with Crippen LogP contribution in [-0.4, -0.2) is 39.0 Å². The summed E-state index contributed by atoms with van der Waals surface area (Å²) in [5, 5.41) is 0. The Bertz CT molecular complexity index is 862. The largest absolute Gasteiger partial charge is 0.493 e. The van der Waals surface area contributed by atoms with Crippen molar-refractivity contribution in [1.29, 1.82) is 0 Å². The molecule has 0 atom stereocenters. The van der Waals surface area contributed by atoms with Crippen molar-refractivity contribution < 1.29 is 23.7 Å². The second-order valence-corrected chi connectivity index (χ2v) is 6.78. The lowest BCUT2D eigenvalue weighted by molar-refractivity contribution is -0.140. The van der Waals surface area contributed by atoms with E-state index in [2.05, 4.69) is 4.74 Å². The van der Waals surface area contributed by atoms with Crippen LogP contribution in [0.4, 0.5) is 0 Å². The highest BCUT2D eigenvalue weighted by atomic mass is 32.1. The molecule has 0 unspecified atom stereocenters. The fourth-order valence-electron chi connectivity index (χ4n) is 2.33. The van der Waals surface area contributed by atoms with Gasteiger partial charge in [-0.1, -0.05) is 0 Å². The normalized spacial score (nSPS) is 10.3. The number of esters is 1. The fraction of sp³-hybridized carbons (Fsp3) is 0.353. The number of carbonyl (C=O) groups excluding carboxylic acids is 1. The molecule has 1 aromatic carbocycles. The molecule has 0 aliphatic carbocycles. The van der Waals surface area contributed by atoms with Gasteiger partial charge in [-0.05, 0) is 29.9 Å². The van der Waals surface area contributed by atoms with Crippen molar-refractivity contribution in [2.45, 2.75) is 13.0 Å². The van der Waals surface area contributed by atoms with Gasteiger partial charge in [0.25, 0.3) is 5.56 Å². The SMILES string of the molecule is COC(=O)CCn1c(=O)cc(-c2cc(OC)c(OC)c(OC)c2)sc1=S. The van der Waals surface area contributed by atoms with Crippen LogP contribution in [0.3, 0.4) is 0 Å². The monoisotopic (exact) mass is 397 g/mol. The molecular formula is C17H19NO6S2. The third-order valence-corrected chi connectivity index (χ3v) is 5.09. The van der Waals surface area contributed by atoms with Gasteiger partial charge in [-0.3, -0.25) is 14.2 Å². The average molecular weight is 397 g/mol. The van der Waals surface area contributed by atoms with Crippen LogP contribution in [0.25, 0.3) is 10.4 Å². The second kappa shape index (κ2) is 8.81. The Morgan fingerprint density at radius 1 is 1.08 bits per heavy atom. The number of methoxy groups -OCH3 is 4. The predicted octanol–water partition coefficient (Wildman–Crippen LogP) is 2.90. The van der Waals surface area contributed by atoms with Gasteiger partial charge in [-0.15, -0.1) is 11.3 Å². The van der Waals surface area contributed by atoms with E-state index < -0.39 is 5.97 Å². The first-order chi connectivity index (χ1) is 12.4. The van der Waals surface area contributed by atoms with Crippen LogP contribution in [0.1, 0.15) is 6.42 Å². The molecule has 0 bridgehead atoms. The van der Waals surface area contributed by atoms with Gasteiger partial charge in [-0.2, -0.15) is 0 Å². The zero-order valence-electron chi connectivity index (χ0n) is 14.9. The summed E-state index contributed by atoms with van der Waals surface area (Å²) < 4.78 is 22.3. The van der Waals surface area contributed by atoms with Crippen molar-refractivity contribution in [2.75, 3.05) is 28.4 Å². The van der Waals surface area contributed by atoms with Crippen LogP contribution in [0, 0.1) is 3.95 Å². The lowest BCUT2D eigenvalue weighted by atomic mass is 10.1. The van der Waals surface area contributed by atoms with Gasteiger partial charge in [0.2, 0.25) is 5.75 Å². The second-order valence-electron chi connectivity index (χ2n) is 5.11. The summed E-state index contributed by atoms with van der Waals surface area (Å²) in [4.78, 5) is 24.4. The lowest BCUT2D eigenvalue weighted by Gasteiger charge is -2.14. The number of nitrogens with zero attached hydrogens (tertiary/aromatic N) is 1. The van der Waals surface area contributed by atoms with E-state index in [1.54, 1.807) is 12.1 Å². The number of rotatable bonds is 7. The Hall–Kier alpha value is -2.39. The van der Waals surface area contributed by atoms with Gasteiger partial charge in [0, 0.05) is 17.5 Å². The molecule has 0 radical (unpaired) electrons. The molecule has 0 aliphatic rings. The van der Waals surface area contributed by atoms with Gasteiger partial charge < -0.3 is 18.9 Å². The molecule has 2 aromatic rings.